The molecule has 0 saturated heterocycles. The van der Waals surface area contributed by atoms with Crippen molar-refractivity contribution in [1.82, 2.24) is 0 Å². The molecule has 0 fully saturated rings. The van der Waals surface area contributed by atoms with Crippen LogP contribution in [0.5, 0.6) is 0 Å². The number of amides is 1. The van der Waals surface area contributed by atoms with Gasteiger partial charge >= 0.3 is 5.97 Å². The Balaban J connectivity index is 1.94. The zero-order valence-corrected chi connectivity index (χ0v) is 11.6. The Labute approximate surface area is 121 Å². The summed E-state index contributed by atoms with van der Waals surface area (Å²) in [6.07, 6.45) is 1.45. The zero-order valence-electron chi connectivity index (χ0n) is 11.6. The molecule has 2 heterocycles. The molecule has 1 aliphatic rings. The third kappa shape index (κ3) is 2.31. The largest absolute Gasteiger partial charge is 0.478 e. The number of rotatable bonds is 3. The molecular formula is C16H15NO4. The van der Waals surface area contributed by atoms with E-state index in [1.807, 2.05) is 6.92 Å². The summed E-state index contributed by atoms with van der Waals surface area (Å²) in [6, 6.07) is 8.34. The molecule has 5 nitrogen and oxygen atoms in total. The molecule has 1 amide bonds. The summed E-state index contributed by atoms with van der Waals surface area (Å²) < 4.78 is 5.49. The van der Waals surface area contributed by atoms with E-state index in [4.69, 9.17) is 9.52 Å². The number of nitrogens with zero attached hydrogens (tertiary/aromatic N) is 1. The van der Waals surface area contributed by atoms with Gasteiger partial charge in [-0.1, -0.05) is 13.0 Å². The lowest BCUT2D eigenvalue weighted by atomic mass is 10.1. The van der Waals surface area contributed by atoms with Gasteiger partial charge in [0.2, 0.25) is 0 Å². The van der Waals surface area contributed by atoms with Crippen molar-refractivity contribution in [3.8, 4) is 0 Å². The molecule has 21 heavy (non-hydrogen) atoms. The van der Waals surface area contributed by atoms with E-state index in [-0.39, 0.29) is 11.5 Å². The van der Waals surface area contributed by atoms with E-state index >= 15 is 0 Å². The number of anilines is 1. The molecule has 1 N–H and O–H groups in total. The summed E-state index contributed by atoms with van der Waals surface area (Å²) >= 11 is 0. The van der Waals surface area contributed by atoms with Gasteiger partial charge in [-0.2, -0.15) is 0 Å². The first-order valence-electron chi connectivity index (χ1n) is 6.87. The van der Waals surface area contributed by atoms with Crippen LogP contribution in [0.25, 0.3) is 0 Å². The minimum Gasteiger partial charge on any atom is -0.478 e. The Morgan fingerprint density at radius 2 is 2.10 bits per heavy atom. The Morgan fingerprint density at radius 1 is 1.29 bits per heavy atom. The number of fused-ring (bicyclic) bond motifs is 1. The molecule has 2 aromatic rings. The second-order valence-electron chi connectivity index (χ2n) is 4.97. The summed E-state index contributed by atoms with van der Waals surface area (Å²) in [4.78, 5) is 25.2. The summed E-state index contributed by atoms with van der Waals surface area (Å²) in [5.41, 5.74) is 1.83. The van der Waals surface area contributed by atoms with E-state index in [0.29, 0.717) is 18.0 Å². The van der Waals surface area contributed by atoms with Gasteiger partial charge in [0.15, 0.2) is 5.76 Å². The molecule has 1 aromatic carbocycles. The lowest BCUT2D eigenvalue weighted by molar-refractivity contribution is 0.0696. The lowest BCUT2D eigenvalue weighted by Crippen LogP contribution is -2.28. The van der Waals surface area contributed by atoms with Crippen LogP contribution in [0.3, 0.4) is 0 Å². The highest BCUT2D eigenvalue weighted by atomic mass is 16.4. The molecular weight excluding hydrogens is 270 g/mol. The number of carboxylic acid groups (broad SMARTS) is 1. The van der Waals surface area contributed by atoms with Gasteiger partial charge in [0.1, 0.15) is 5.76 Å². The fraction of sp³-hybridized carbons (Fsp3) is 0.250. The number of hydrogen-bond acceptors (Lipinski definition) is 3. The first-order valence-corrected chi connectivity index (χ1v) is 6.87. The minimum absolute atomic E-state index is 0.183. The average molecular weight is 285 g/mol. The summed E-state index contributed by atoms with van der Waals surface area (Å²) in [5, 5.41) is 9.07. The van der Waals surface area contributed by atoms with Gasteiger partial charge in [0.05, 0.1) is 5.56 Å². The smallest absolute Gasteiger partial charge is 0.335 e. The molecule has 5 heteroatoms. The van der Waals surface area contributed by atoms with Gasteiger partial charge in [-0.3, -0.25) is 4.79 Å². The monoisotopic (exact) mass is 285 g/mol. The van der Waals surface area contributed by atoms with Crippen LogP contribution in [0, 0.1) is 0 Å². The molecule has 108 valence electrons. The van der Waals surface area contributed by atoms with Crippen LogP contribution in [0.2, 0.25) is 0 Å². The third-order valence-corrected chi connectivity index (χ3v) is 3.69. The number of carboxylic acids is 1. The fourth-order valence-electron chi connectivity index (χ4n) is 2.54. The number of carbonyl (C=O) groups is 2. The fourth-order valence-corrected chi connectivity index (χ4v) is 2.54. The number of hydrogen-bond donors (Lipinski definition) is 1. The van der Waals surface area contributed by atoms with Crippen LogP contribution in [0.4, 0.5) is 5.69 Å². The first-order chi connectivity index (χ1) is 10.1. The Hall–Kier alpha value is -2.56. The first kappa shape index (κ1) is 13.4. The van der Waals surface area contributed by atoms with E-state index < -0.39 is 5.97 Å². The van der Waals surface area contributed by atoms with Gasteiger partial charge in [-0.05, 0) is 36.2 Å². The highest BCUT2D eigenvalue weighted by Crippen LogP contribution is 2.30. The van der Waals surface area contributed by atoms with E-state index in [9.17, 15) is 9.59 Å². The van der Waals surface area contributed by atoms with Crippen molar-refractivity contribution >= 4 is 17.6 Å². The van der Waals surface area contributed by atoms with E-state index in [1.54, 1.807) is 35.2 Å². The molecule has 1 aliphatic heterocycles. The van der Waals surface area contributed by atoms with Crippen molar-refractivity contribution in [1.29, 1.82) is 0 Å². The van der Waals surface area contributed by atoms with Crippen molar-refractivity contribution in [3.63, 3.8) is 0 Å². The Bertz CT molecular complexity index is 717. The van der Waals surface area contributed by atoms with Crippen molar-refractivity contribution in [2.75, 3.05) is 11.4 Å². The van der Waals surface area contributed by atoms with Gasteiger partial charge < -0.3 is 14.4 Å². The van der Waals surface area contributed by atoms with Crippen LogP contribution in [0.15, 0.2) is 34.7 Å². The Kier molecular flexibility index (Phi) is 3.25. The maximum Gasteiger partial charge on any atom is 0.335 e. The molecule has 0 radical (unpaired) electrons. The van der Waals surface area contributed by atoms with Crippen LogP contribution < -0.4 is 4.90 Å². The van der Waals surface area contributed by atoms with Gasteiger partial charge in [0.25, 0.3) is 5.91 Å². The molecule has 1 aromatic heterocycles. The second-order valence-corrected chi connectivity index (χ2v) is 4.97. The van der Waals surface area contributed by atoms with Crippen molar-refractivity contribution < 1.29 is 19.1 Å². The molecule has 3 rings (SSSR count). The van der Waals surface area contributed by atoms with Crippen LogP contribution in [0.1, 0.15) is 39.2 Å². The molecule has 0 atom stereocenters. The number of aryl methyl sites for hydroxylation is 1. The van der Waals surface area contributed by atoms with Crippen molar-refractivity contribution in [3.05, 3.63) is 53.0 Å². The predicted molar refractivity (Wildman–Crippen MR) is 76.9 cm³/mol. The zero-order chi connectivity index (χ0) is 15.0. The maximum absolute atomic E-state index is 12.5. The third-order valence-electron chi connectivity index (χ3n) is 3.69. The minimum atomic E-state index is -0.997. The highest BCUT2D eigenvalue weighted by molar-refractivity contribution is 6.06. The summed E-state index contributed by atoms with van der Waals surface area (Å²) in [5.74, 6) is -0.170. The number of aromatic carboxylic acids is 1. The summed E-state index contributed by atoms with van der Waals surface area (Å²) in [6.45, 7) is 2.50. The summed E-state index contributed by atoms with van der Waals surface area (Å²) in [7, 11) is 0. The molecule has 0 unspecified atom stereocenters. The van der Waals surface area contributed by atoms with E-state index in [1.165, 1.54) is 0 Å². The lowest BCUT2D eigenvalue weighted by Gasteiger charge is -2.16. The SMILES string of the molecule is CCc1ccc(C(=O)N2CCc3ccc(C(=O)O)cc32)o1. The van der Waals surface area contributed by atoms with Crippen molar-refractivity contribution in [2.45, 2.75) is 19.8 Å². The van der Waals surface area contributed by atoms with Gasteiger partial charge in [-0.15, -0.1) is 0 Å². The molecule has 0 bridgehead atoms. The standard InChI is InChI=1S/C16H15NO4/c1-2-12-5-6-14(21-12)15(18)17-8-7-10-3-4-11(16(19)20)9-13(10)17/h3-6,9H,2,7-8H2,1H3,(H,19,20). The number of furan rings is 1. The van der Waals surface area contributed by atoms with Gasteiger partial charge in [-0.25, -0.2) is 4.79 Å². The normalized spacial score (nSPS) is 13.3. The van der Waals surface area contributed by atoms with Crippen LogP contribution in [-0.2, 0) is 12.8 Å². The van der Waals surface area contributed by atoms with E-state index in [0.717, 1.165) is 24.2 Å². The average Bonchev–Trinajstić information content (AvgIpc) is 3.12. The molecule has 0 saturated carbocycles. The van der Waals surface area contributed by atoms with E-state index in [2.05, 4.69) is 0 Å². The predicted octanol–water partition coefficient (Wildman–Crippen LogP) is 2.74. The van der Waals surface area contributed by atoms with Gasteiger partial charge in [0, 0.05) is 18.7 Å². The number of carbonyl (C=O) groups excluding carboxylic acids is 1. The second kappa shape index (κ2) is 5.09. The number of benzene rings is 1. The topological polar surface area (TPSA) is 70.8 Å². The Morgan fingerprint density at radius 3 is 2.76 bits per heavy atom. The van der Waals surface area contributed by atoms with Crippen LogP contribution in [-0.4, -0.2) is 23.5 Å². The maximum atomic E-state index is 12.5. The highest BCUT2D eigenvalue weighted by Gasteiger charge is 2.28. The molecule has 0 spiro atoms. The molecule has 0 aliphatic carbocycles. The quantitative estimate of drug-likeness (QED) is 0.941. The van der Waals surface area contributed by atoms with Crippen LogP contribution >= 0.6 is 0 Å². The van der Waals surface area contributed by atoms with Crippen molar-refractivity contribution in [2.24, 2.45) is 0 Å².